The van der Waals surface area contributed by atoms with Gasteiger partial charge >= 0.3 is 0 Å². The van der Waals surface area contributed by atoms with Crippen molar-refractivity contribution in [2.45, 2.75) is 65.0 Å². The minimum atomic E-state index is 0.755. The Hall–Kier alpha value is -0.0400. The van der Waals surface area contributed by atoms with Crippen molar-refractivity contribution >= 4 is 0 Å². The Labute approximate surface area is 82.5 Å². The van der Waals surface area contributed by atoms with E-state index in [1.54, 1.807) is 0 Å². The molecule has 2 aliphatic rings. The first-order valence-electron chi connectivity index (χ1n) is 5.93. The predicted molar refractivity (Wildman–Crippen MR) is 56.8 cm³/mol. The molecule has 2 fully saturated rings. The van der Waals surface area contributed by atoms with Gasteiger partial charge in [-0.1, -0.05) is 13.3 Å². The number of hydrogen-bond donors (Lipinski definition) is 0. The van der Waals surface area contributed by atoms with Crippen LogP contribution in [0.1, 0.15) is 52.9 Å². The Morgan fingerprint density at radius 3 is 2.38 bits per heavy atom. The molecule has 1 saturated heterocycles. The first-order chi connectivity index (χ1) is 6.17. The van der Waals surface area contributed by atoms with E-state index >= 15 is 0 Å². The van der Waals surface area contributed by atoms with Gasteiger partial charge in [-0.15, -0.1) is 0 Å². The molecule has 1 aliphatic carbocycles. The summed E-state index contributed by atoms with van der Waals surface area (Å²) in [7, 11) is 0. The molecule has 13 heavy (non-hydrogen) atoms. The van der Waals surface area contributed by atoms with Crippen molar-refractivity contribution in [1.29, 1.82) is 0 Å². The van der Waals surface area contributed by atoms with Crippen LogP contribution in [0.3, 0.4) is 0 Å². The second kappa shape index (κ2) is 3.27. The SMILES string of the molecule is CC[C@H]1CC2(CCC2)CN1C(C)C. The summed E-state index contributed by atoms with van der Waals surface area (Å²) in [5.41, 5.74) is 0.769. The van der Waals surface area contributed by atoms with E-state index in [2.05, 4.69) is 25.7 Å². The average molecular weight is 181 g/mol. The maximum atomic E-state index is 2.74. The van der Waals surface area contributed by atoms with Crippen molar-refractivity contribution < 1.29 is 0 Å². The molecule has 1 saturated carbocycles. The van der Waals surface area contributed by atoms with Gasteiger partial charge in [0.15, 0.2) is 0 Å². The zero-order valence-electron chi connectivity index (χ0n) is 9.34. The van der Waals surface area contributed by atoms with Gasteiger partial charge < -0.3 is 0 Å². The van der Waals surface area contributed by atoms with Crippen LogP contribution in [0.15, 0.2) is 0 Å². The van der Waals surface area contributed by atoms with Crippen molar-refractivity contribution in [3.05, 3.63) is 0 Å². The lowest BCUT2D eigenvalue weighted by atomic mass is 9.67. The van der Waals surface area contributed by atoms with Crippen molar-refractivity contribution in [2.75, 3.05) is 6.54 Å². The normalized spacial score (nSPS) is 32.8. The monoisotopic (exact) mass is 181 g/mol. The average Bonchev–Trinajstić information content (AvgIpc) is 2.42. The summed E-state index contributed by atoms with van der Waals surface area (Å²) >= 11 is 0. The molecular weight excluding hydrogens is 158 g/mol. The Morgan fingerprint density at radius 1 is 1.38 bits per heavy atom. The van der Waals surface area contributed by atoms with E-state index in [9.17, 15) is 0 Å². The number of hydrogen-bond acceptors (Lipinski definition) is 1. The van der Waals surface area contributed by atoms with E-state index < -0.39 is 0 Å². The van der Waals surface area contributed by atoms with Gasteiger partial charge in [0, 0.05) is 18.6 Å². The second-order valence-electron chi connectivity index (χ2n) is 5.39. The minimum Gasteiger partial charge on any atom is -0.297 e. The fraction of sp³-hybridized carbons (Fsp3) is 1.00. The van der Waals surface area contributed by atoms with Crippen molar-refractivity contribution in [2.24, 2.45) is 5.41 Å². The van der Waals surface area contributed by atoms with Crippen LogP contribution < -0.4 is 0 Å². The molecule has 1 nitrogen and oxygen atoms in total. The van der Waals surface area contributed by atoms with Crippen LogP contribution >= 0.6 is 0 Å². The van der Waals surface area contributed by atoms with Crippen molar-refractivity contribution in [3.8, 4) is 0 Å². The van der Waals surface area contributed by atoms with Gasteiger partial charge in [0.25, 0.3) is 0 Å². The van der Waals surface area contributed by atoms with Gasteiger partial charge in [0.05, 0.1) is 0 Å². The van der Waals surface area contributed by atoms with Crippen LogP contribution in [-0.4, -0.2) is 23.5 Å². The summed E-state index contributed by atoms with van der Waals surface area (Å²) in [6.45, 7) is 8.43. The van der Waals surface area contributed by atoms with Gasteiger partial charge in [0.1, 0.15) is 0 Å². The van der Waals surface area contributed by atoms with E-state index in [1.807, 2.05) is 0 Å². The molecule has 1 spiro atoms. The number of likely N-dealkylation sites (tertiary alicyclic amines) is 1. The topological polar surface area (TPSA) is 3.24 Å². The van der Waals surface area contributed by atoms with Crippen LogP contribution in [0, 0.1) is 5.41 Å². The largest absolute Gasteiger partial charge is 0.297 e. The minimum absolute atomic E-state index is 0.755. The number of rotatable bonds is 2. The molecule has 2 rings (SSSR count). The Morgan fingerprint density at radius 2 is 2.08 bits per heavy atom. The molecule has 76 valence electrons. The third kappa shape index (κ3) is 1.52. The van der Waals surface area contributed by atoms with E-state index in [4.69, 9.17) is 0 Å². The molecule has 0 radical (unpaired) electrons. The van der Waals surface area contributed by atoms with Gasteiger partial charge in [-0.3, -0.25) is 4.90 Å². The van der Waals surface area contributed by atoms with E-state index in [-0.39, 0.29) is 0 Å². The van der Waals surface area contributed by atoms with E-state index in [0.29, 0.717) is 0 Å². The Balaban J connectivity index is 2.03. The highest BCUT2D eigenvalue weighted by atomic mass is 15.2. The molecule has 0 bridgehead atoms. The number of nitrogens with zero attached hydrogens (tertiary/aromatic N) is 1. The van der Waals surface area contributed by atoms with Crippen LogP contribution in [-0.2, 0) is 0 Å². The first kappa shape index (κ1) is 9.51. The lowest BCUT2D eigenvalue weighted by Gasteiger charge is -2.38. The van der Waals surface area contributed by atoms with E-state index in [0.717, 1.165) is 17.5 Å². The fourth-order valence-corrected chi connectivity index (χ4v) is 3.22. The standard InChI is InChI=1S/C12H23N/c1-4-11-8-12(6-5-7-12)9-13(11)10(2)3/h10-11H,4-9H2,1-3H3/t11-/m0/s1. The van der Waals surface area contributed by atoms with Crippen molar-refractivity contribution in [1.82, 2.24) is 4.90 Å². The lowest BCUT2D eigenvalue weighted by molar-refractivity contribution is 0.127. The van der Waals surface area contributed by atoms with E-state index in [1.165, 1.54) is 38.6 Å². The van der Waals surface area contributed by atoms with Crippen LogP contribution in [0.25, 0.3) is 0 Å². The summed E-state index contributed by atoms with van der Waals surface area (Å²) in [4.78, 5) is 2.74. The predicted octanol–water partition coefficient (Wildman–Crippen LogP) is 3.05. The summed E-state index contributed by atoms with van der Waals surface area (Å²) in [6, 6.07) is 1.64. The molecule has 0 aromatic carbocycles. The smallest absolute Gasteiger partial charge is 0.0101 e. The summed E-state index contributed by atoms with van der Waals surface area (Å²) in [5, 5.41) is 0. The summed E-state index contributed by atoms with van der Waals surface area (Å²) in [6.07, 6.45) is 7.34. The lowest BCUT2D eigenvalue weighted by Crippen LogP contribution is -2.37. The molecule has 1 aliphatic heterocycles. The zero-order valence-corrected chi connectivity index (χ0v) is 9.34. The summed E-state index contributed by atoms with van der Waals surface area (Å²) < 4.78 is 0. The molecule has 1 heteroatoms. The zero-order chi connectivity index (χ0) is 9.47. The maximum Gasteiger partial charge on any atom is 0.0101 e. The molecular formula is C12H23N. The Kier molecular flexibility index (Phi) is 2.39. The molecule has 0 unspecified atom stereocenters. The Bertz CT molecular complexity index is 182. The van der Waals surface area contributed by atoms with Crippen LogP contribution in [0.5, 0.6) is 0 Å². The second-order valence-corrected chi connectivity index (χ2v) is 5.39. The third-order valence-corrected chi connectivity index (χ3v) is 4.20. The summed E-state index contributed by atoms with van der Waals surface area (Å²) in [5.74, 6) is 0. The maximum absolute atomic E-state index is 2.74. The molecule has 1 atom stereocenters. The van der Waals surface area contributed by atoms with Gasteiger partial charge in [-0.2, -0.15) is 0 Å². The molecule has 1 heterocycles. The molecule has 0 N–H and O–H groups in total. The van der Waals surface area contributed by atoms with Gasteiger partial charge in [-0.05, 0) is 44.9 Å². The fourth-order valence-electron chi connectivity index (χ4n) is 3.22. The molecule has 0 amide bonds. The highest BCUT2D eigenvalue weighted by Crippen LogP contribution is 2.51. The van der Waals surface area contributed by atoms with Crippen LogP contribution in [0.4, 0.5) is 0 Å². The van der Waals surface area contributed by atoms with Gasteiger partial charge in [-0.25, -0.2) is 0 Å². The molecule has 0 aromatic heterocycles. The first-order valence-corrected chi connectivity index (χ1v) is 5.93. The highest BCUT2D eigenvalue weighted by Gasteiger charge is 2.47. The van der Waals surface area contributed by atoms with Gasteiger partial charge in [0.2, 0.25) is 0 Å². The quantitative estimate of drug-likeness (QED) is 0.633. The third-order valence-electron chi connectivity index (χ3n) is 4.20. The van der Waals surface area contributed by atoms with Crippen LogP contribution in [0.2, 0.25) is 0 Å². The molecule has 0 aromatic rings. The van der Waals surface area contributed by atoms with Crippen molar-refractivity contribution in [3.63, 3.8) is 0 Å². The highest BCUT2D eigenvalue weighted by molar-refractivity contribution is 5.00.